The van der Waals surface area contributed by atoms with Crippen molar-refractivity contribution in [2.75, 3.05) is 31.9 Å². The summed E-state index contributed by atoms with van der Waals surface area (Å²) in [5.41, 5.74) is 4.15. The molecule has 1 aliphatic heterocycles. The van der Waals surface area contributed by atoms with E-state index in [4.69, 9.17) is 5.73 Å². The predicted molar refractivity (Wildman–Crippen MR) is 69.5 cm³/mol. The van der Waals surface area contributed by atoms with E-state index in [2.05, 4.69) is 5.32 Å². The maximum absolute atomic E-state index is 12.6. The number of rotatable bonds is 4. The lowest BCUT2D eigenvalue weighted by molar-refractivity contribution is -0.137. The fourth-order valence-electron chi connectivity index (χ4n) is 2.07. The average Bonchev–Trinajstić information content (AvgIpc) is 2.34. The third-order valence-corrected chi connectivity index (χ3v) is 3.17. The molecule has 4 nitrogen and oxygen atoms in total. The second-order valence-corrected chi connectivity index (χ2v) is 4.95. The van der Waals surface area contributed by atoms with Gasteiger partial charge in [-0.1, -0.05) is 0 Å². The summed E-state index contributed by atoms with van der Waals surface area (Å²) in [6.07, 6.45) is -5.39. The molecule has 0 bridgehead atoms. The molecule has 1 heterocycles. The van der Waals surface area contributed by atoms with Crippen LogP contribution < -0.4 is 11.1 Å². The Morgan fingerprint density at radius 3 is 2.57 bits per heavy atom. The van der Waals surface area contributed by atoms with Crippen molar-refractivity contribution in [3.63, 3.8) is 0 Å². The Balaban J connectivity index is 1.94. The van der Waals surface area contributed by atoms with E-state index in [-0.39, 0.29) is 17.8 Å². The van der Waals surface area contributed by atoms with Crippen LogP contribution in [0.2, 0.25) is 0 Å². The third-order valence-electron chi connectivity index (χ3n) is 3.17. The van der Waals surface area contributed by atoms with E-state index < -0.39 is 23.8 Å². The number of anilines is 1. The average molecular weight is 305 g/mol. The number of alkyl halides is 4. The van der Waals surface area contributed by atoms with Crippen molar-refractivity contribution in [2.24, 2.45) is 0 Å². The number of nitrogens with zero attached hydrogens (tertiary/aromatic N) is 1. The number of hydrogen-bond donors (Lipinski definition) is 2. The number of halogens is 4. The Kier molecular flexibility index (Phi) is 4.36. The van der Waals surface area contributed by atoms with Crippen LogP contribution in [-0.2, 0) is 6.18 Å². The molecule has 0 radical (unpaired) electrons. The van der Waals surface area contributed by atoms with Crippen molar-refractivity contribution < 1.29 is 22.4 Å². The fourth-order valence-corrected chi connectivity index (χ4v) is 2.07. The molecule has 1 aliphatic rings. The molecule has 0 saturated carbocycles. The molecule has 0 atom stereocenters. The predicted octanol–water partition coefficient (Wildman–Crippen LogP) is 1.67. The van der Waals surface area contributed by atoms with Gasteiger partial charge in [-0.3, -0.25) is 9.69 Å². The van der Waals surface area contributed by atoms with Gasteiger partial charge >= 0.3 is 6.18 Å². The molecule has 116 valence electrons. The standard InChI is InChI=1S/C13H15F4N3O/c14-10-6-20(7-10)2-1-19-12(21)8-3-9(13(15,16)17)5-11(18)4-8/h3-5,10H,1-2,6-7,18H2,(H,19,21). The first-order chi connectivity index (χ1) is 9.75. The summed E-state index contributed by atoms with van der Waals surface area (Å²) in [4.78, 5) is 13.6. The molecule has 0 unspecified atom stereocenters. The Morgan fingerprint density at radius 1 is 1.33 bits per heavy atom. The molecule has 1 amide bonds. The van der Waals surface area contributed by atoms with Crippen molar-refractivity contribution in [1.82, 2.24) is 10.2 Å². The van der Waals surface area contributed by atoms with Gasteiger partial charge in [0.1, 0.15) is 6.17 Å². The highest BCUT2D eigenvalue weighted by Crippen LogP contribution is 2.31. The number of hydrogen-bond acceptors (Lipinski definition) is 3. The highest BCUT2D eigenvalue weighted by Gasteiger charge is 2.31. The highest BCUT2D eigenvalue weighted by atomic mass is 19.4. The number of amides is 1. The first-order valence-corrected chi connectivity index (χ1v) is 6.38. The van der Waals surface area contributed by atoms with E-state index in [0.29, 0.717) is 19.6 Å². The zero-order valence-corrected chi connectivity index (χ0v) is 11.1. The Hall–Kier alpha value is -1.83. The first-order valence-electron chi connectivity index (χ1n) is 6.38. The minimum absolute atomic E-state index is 0.127. The molecule has 1 aromatic carbocycles. The van der Waals surface area contributed by atoms with Crippen LogP contribution in [0.15, 0.2) is 18.2 Å². The number of nitrogens with two attached hydrogens (primary N) is 1. The Morgan fingerprint density at radius 2 is 2.00 bits per heavy atom. The molecule has 0 spiro atoms. The molecule has 1 aromatic rings. The fraction of sp³-hybridized carbons (Fsp3) is 0.462. The van der Waals surface area contributed by atoms with E-state index in [9.17, 15) is 22.4 Å². The molecule has 0 aromatic heterocycles. The normalized spacial score (nSPS) is 16.6. The summed E-state index contributed by atoms with van der Waals surface area (Å²) in [5, 5.41) is 2.49. The molecule has 2 rings (SSSR count). The first kappa shape index (κ1) is 15.6. The minimum atomic E-state index is -4.56. The number of nitrogens with one attached hydrogen (secondary N) is 1. The molecular weight excluding hydrogens is 290 g/mol. The molecule has 1 saturated heterocycles. The van der Waals surface area contributed by atoms with Crippen LogP contribution in [0.4, 0.5) is 23.2 Å². The van der Waals surface area contributed by atoms with E-state index >= 15 is 0 Å². The van der Waals surface area contributed by atoms with E-state index in [1.165, 1.54) is 6.07 Å². The van der Waals surface area contributed by atoms with Gasteiger partial charge in [-0.05, 0) is 18.2 Å². The largest absolute Gasteiger partial charge is 0.416 e. The monoisotopic (exact) mass is 305 g/mol. The third kappa shape index (κ3) is 4.07. The van der Waals surface area contributed by atoms with Gasteiger partial charge < -0.3 is 11.1 Å². The Bertz CT molecular complexity index is 527. The summed E-state index contributed by atoms with van der Waals surface area (Å²) in [6.45, 7) is 1.35. The van der Waals surface area contributed by atoms with E-state index in [1.54, 1.807) is 4.90 Å². The van der Waals surface area contributed by atoms with Crippen LogP contribution in [0, 0.1) is 0 Å². The van der Waals surface area contributed by atoms with Gasteiger partial charge in [0.25, 0.3) is 5.91 Å². The molecule has 0 aliphatic carbocycles. The lowest BCUT2D eigenvalue weighted by atomic mass is 10.1. The summed E-state index contributed by atoms with van der Waals surface area (Å²) < 4.78 is 50.5. The number of carbonyl (C=O) groups excluding carboxylic acids is 1. The van der Waals surface area contributed by atoms with Gasteiger partial charge in [0.05, 0.1) is 5.56 Å². The van der Waals surface area contributed by atoms with Crippen molar-refractivity contribution in [3.8, 4) is 0 Å². The summed E-state index contributed by atoms with van der Waals surface area (Å²) in [5.74, 6) is -0.634. The molecule has 1 fully saturated rings. The van der Waals surface area contributed by atoms with Crippen LogP contribution in [0.5, 0.6) is 0 Å². The van der Waals surface area contributed by atoms with Gasteiger partial charge in [0.2, 0.25) is 0 Å². The SMILES string of the molecule is Nc1cc(C(=O)NCCN2CC(F)C2)cc(C(F)(F)F)c1. The van der Waals surface area contributed by atoms with Gasteiger partial charge in [0, 0.05) is 37.4 Å². The Labute approximate surface area is 118 Å². The summed E-state index contributed by atoms with van der Waals surface area (Å²) in [7, 11) is 0. The smallest absolute Gasteiger partial charge is 0.399 e. The summed E-state index contributed by atoms with van der Waals surface area (Å²) in [6, 6.07) is 2.72. The zero-order valence-electron chi connectivity index (χ0n) is 11.1. The quantitative estimate of drug-likeness (QED) is 0.657. The van der Waals surface area contributed by atoms with Crippen molar-refractivity contribution >= 4 is 11.6 Å². The zero-order chi connectivity index (χ0) is 15.6. The van der Waals surface area contributed by atoms with Gasteiger partial charge in [-0.25, -0.2) is 4.39 Å². The van der Waals surface area contributed by atoms with Crippen LogP contribution >= 0.6 is 0 Å². The van der Waals surface area contributed by atoms with Crippen molar-refractivity contribution in [1.29, 1.82) is 0 Å². The molecular formula is C13H15F4N3O. The second-order valence-electron chi connectivity index (χ2n) is 4.95. The van der Waals surface area contributed by atoms with Gasteiger partial charge in [0.15, 0.2) is 0 Å². The highest BCUT2D eigenvalue weighted by molar-refractivity contribution is 5.95. The molecule has 21 heavy (non-hydrogen) atoms. The van der Waals surface area contributed by atoms with Gasteiger partial charge in [-0.2, -0.15) is 13.2 Å². The topological polar surface area (TPSA) is 58.4 Å². The number of nitrogen functional groups attached to an aromatic ring is 1. The molecule has 8 heteroatoms. The van der Waals surface area contributed by atoms with Crippen molar-refractivity contribution in [3.05, 3.63) is 29.3 Å². The van der Waals surface area contributed by atoms with Crippen LogP contribution in [0.3, 0.4) is 0 Å². The van der Waals surface area contributed by atoms with Crippen molar-refractivity contribution in [2.45, 2.75) is 12.3 Å². The van der Waals surface area contributed by atoms with Gasteiger partial charge in [-0.15, -0.1) is 0 Å². The lowest BCUT2D eigenvalue weighted by Gasteiger charge is -2.34. The number of likely N-dealkylation sites (tertiary alicyclic amines) is 1. The molecule has 3 N–H and O–H groups in total. The van der Waals surface area contributed by atoms with Crippen LogP contribution in [0.1, 0.15) is 15.9 Å². The summed E-state index contributed by atoms with van der Waals surface area (Å²) >= 11 is 0. The second kappa shape index (κ2) is 5.88. The lowest BCUT2D eigenvalue weighted by Crippen LogP contribution is -2.50. The van der Waals surface area contributed by atoms with Crippen LogP contribution in [0.25, 0.3) is 0 Å². The van der Waals surface area contributed by atoms with E-state index in [1.807, 2.05) is 0 Å². The number of carbonyl (C=O) groups is 1. The number of benzene rings is 1. The maximum atomic E-state index is 12.6. The van der Waals surface area contributed by atoms with Crippen LogP contribution in [-0.4, -0.2) is 43.2 Å². The minimum Gasteiger partial charge on any atom is -0.399 e. The van der Waals surface area contributed by atoms with E-state index in [0.717, 1.165) is 12.1 Å². The maximum Gasteiger partial charge on any atom is 0.416 e.